The third-order valence-corrected chi connectivity index (χ3v) is 2.83. The molecule has 0 aliphatic rings. The second-order valence-corrected chi connectivity index (χ2v) is 4.25. The van der Waals surface area contributed by atoms with E-state index < -0.39 is 11.4 Å². The van der Waals surface area contributed by atoms with Crippen molar-refractivity contribution in [3.63, 3.8) is 0 Å². The number of aryl methyl sites for hydroxylation is 3. The lowest BCUT2D eigenvalue weighted by molar-refractivity contribution is -0.255. The Bertz CT molecular complexity index is 683. The Kier molecular flexibility index (Phi) is 2.50. The number of carboxylic acid groups (broad SMARTS) is 1. The molecule has 4 nitrogen and oxygen atoms in total. The molecule has 17 heavy (non-hydrogen) atoms. The van der Waals surface area contributed by atoms with Crippen molar-refractivity contribution in [2.24, 2.45) is 7.05 Å². The molecular weight excluding hydrogens is 218 g/mol. The van der Waals surface area contributed by atoms with Crippen LogP contribution in [0.15, 0.2) is 23.1 Å². The van der Waals surface area contributed by atoms with Crippen molar-refractivity contribution in [1.29, 1.82) is 0 Å². The quantitative estimate of drug-likeness (QED) is 0.717. The van der Waals surface area contributed by atoms with E-state index in [4.69, 9.17) is 0 Å². The summed E-state index contributed by atoms with van der Waals surface area (Å²) in [6.07, 6.45) is 1.31. The van der Waals surface area contributed by atoms with Gasteiger partial charge < -0.3 is 14.5 Å². The smallest absolute Gasteiger partial charge is 0.198 e. The molecule has 0 spiro atoms. The van der Waals surface area contributed by atoms with Gasteiger partial charge in [-0.2, -0.15) is 0 Å². The van der Waals surface area contributed by atoms with Crippen molar-refractivity contribution < 1.29 is 9.90 Å². The number of nitrogens with zero attached hydrogens (tertiary/aromatic N) is 1. The molecule has 1 aromatic carbocycles. The van der Waals surface area contributed by atoms with Gasteiger partial charge in [0.1, 0.15) is 0 Å². The number of pyridine rings is 1. The summed E-state index contributed by atoms with van der Waals surface area (Å²) in [7, 11) is 1.72. The first-order chi connectivity index (χ1) is 7.91. The topological polar surface area (TPSA) is 62.1 Å². The second-order valence-electron chi connectivity index (χ2n) is 4.25. The first kappa shape index (κ1) is 11.4. The molecule has 0 radical (unpaired) electrons. The number of hydrogen-bond acceptors (Lipinski definition) is 3. The fraction of sp³-hybridized carbons (Fsp3) is 0.231. The number of carbonyl (C=O) groups is 1. The van der Waals surface area contributed by atoms with E-state index in [0.29, 0.717) is 5.39 Å². The van der Waals surface area contributed by atoms with Crippen LogP contribution in [0.25, 0.3) is 10.9 Å². The Labute approximate surface area is 98.1 Å². The SMILES string of the molecule is Cc1cc(C)c2c(c1)c(=O)c(C(=O)[O-])cn2C. The normalized spacial score (nSPS) is 10.8. The monoisotopic (exact) mass is 230 g/mol. The Morgan fingerprint density at radius 1 is 1.29 bits per heavy atom. The van der Waals surface area contributed by atoms with Gasteiger partial charge in [0.15, 0.2) is 5.43 Å². The molecule has 88 valence electrons. The van der Waals surface area contributed by atoms with E-state index in [9.17, 15) is 14.7 Å². The Hall–Kier alpha value is -2.10. The van der Waals surface area contributed by atoms with Crippen LogP contribution in [0.4, 0.5) is 0 Å². The molecule has 0 aliphatic heterocycles. The first-order valence-electron chi connectivity index (χ1n) is 5.23. The molecule has 0 aliphatic carbocycles. The van der Waals surface area contributed by atoms with Crippen LogP contribution in [0, 0.1) is 13.8 Å². The zero-order valence-electron chi connectivity index (χ0n) is 9.90. The molecule has 2 aromatic rings. The molecule has 2 rings (SSSR count). The molecule has 0 saturated heterocycles. The molecule has 0 bridgehead atoms. The van der Waals surface area contributed by atoms with E-state index in [1.165, 1.54) is 6.20 Å². The summed E-state index contributed by atoms with van der Waals surface area (Å²) in [6.45, 7) is 3.77. The van der Waals surface area contributed by atoms with Crippen molar-refractivity contribution in [3.8, 4) is 0 Å². The summed E-state index contributed by atoms with van der Waals surface area (Å²) in [5.41, 5.74) is 1.85. The van der Waals surface area contributed by atoms with Crippen LogP contribution in [-0.2, 0) is 7.05 Å². The Morgan fingerprint density at radius 2 is 1.94 bits per heavy atom. The lowest BCUT2D eigenvalue weighted by atomic mass is 10.0. The fourth-order valence-electron chi connectivity index (χ4n) is 2.21. The summed E-state index contributed by atoms with van der Waals surface area (Å²) >= 11 is 0. The molecule has 0 saturated carbocycles. The molecule has 4 heteroatoms. The van der Waals surface area contributed by atoms with Crippen molar-refractivity contribution in [3.05, 3.63) is 45.2 Å². The van der Waals surface area contributed by atoms with Gasteiger partial charge >= 0.3 is 0 Å². The van der Waals surface area contributed by atoms with Gasteiger partial charge in [0.05, 0.1) is 17.0 Å². The first-order valence-corrected chi connectivity index (χ1v) is 5.23. The maximum atomic E-state index is 12.0. The minimum Gasteiger partial charge on any atom is -0.545 e. The van der Waals surface area contributed by atoms with E-state index in [2.05, 4.69) is 0 Å². The number of carbonyl (C=O) groups excluding carboxylic acids is 1. The van der Waals surface area contributed by atoms with Crippen LogP contribution in [0.5, 0.6) is 0 Å². The van der Waals surface area contributed by atoms with Crippen LogP contribution in [0.1, 0.15) is 21.5 Å². The Morgan fingerprint density at radius 3 is 2.53 bits per heavy atom. The lowest BCUT2D eigenvalue weighted by Gasteiger charge is -2.12. The number of fused-ring (bicyclic) bond motifs is 1. The van der Waals surface area contributed by atoms with Crippen molar-refractivity contribution in [2.45, 2.75) is 13.8 Å². The zero-order chi connectivity index (χ0) is 12.7. The van der Waals surface area contributed by atoms with Gasteiger partial charge in [0.2, 0.25) is 0 Å². The maximum absolute atomic E-state index is 12.0. The van der Waals surface area contributed by atoms with Crippen molar-refractivity contribution in [2.75, 3.05) is 0 Å². The minimum absolute atomic E-state index is 0.301. The van der Waals surface area contributed by atoms with Gasteiger partial charge in [-0.25, -0.2) is 0 Å². The number of carboxylic acids is 1. The lowest BCUT2D eigenvalue weighted by Crippen LogP contribution is -2.30. The summed E-state index contributed by atoms with van der Waals surface area (Å²) in [5, 5.41) is 11.3. The number of benzene rings is 1. The largest absolute Gasteiger partial charge is 0.545 e. The number of hydrogen-bond donors (Lipinski definition) is 0. The molecule has 0 amide bonds. The average molecular weight is 230 g/mol. The van der Waals surface area contributed by atoms with Gasteiger partial charge in [-0.05, 0) is 31.0 Å². The third kappa shape index (κ3) is 1.71. The van der Waals surface area contributed by atoms with Crippen LogP contribution in [0.3, 0.4) is 0 Å². The van der Waals surface area contributed by atoms with E-state index in [-0.39, 0.29) is 5.56 Å². The number of aromatic nitrogens is 1. The highest BCUT2D eigenvalue weighted by molar-refractivity contribution is 5.92. The Balaban J connectivity index is 3.04. The standard InChI is InChI=1S/C13H13NO3/c1-7-4-8(2)11-9(5-7)12(15)10(13(16)17)6-14(11)3/h4-6H,1-3H3,(H,16,17)/p-1. The van der Waals surface area contributed by atoms with E-state index in [0.717, 1.165) is 16.6 Å². The zero-order valence-corrected chi connectivity index (χ0v) is 9.90. The van der Waals surface area contributed by atoms with E-state index in [1.807, 2.05) is 19.9 Å². The number of aromatic carboxylic acids is 1. The predicted octanol–water partition coefficient (Wildman–Crippen LogP) is 0.519. The van der Waals surface area contributed by atoms with Crippen LogP contribution in [0.2, 0.25) is 0 Å². The highest BCUT2D eigenvalue weighted by atomic mass is 16.4. The molecule has 0 fully saturated rings. The molecule has 0 unspecified atom stereocenters. The predicted molar refractivity (Wildman–Crippen MR) is 63.0 cm³/mol. The van der Waals surface area contributed by atoms with Gasteiger partial charge in [-0.1, -0.05) is 6.07 Å². The molecular formula is C13H12NO3-. The fourth-order valence-corrected chi connectivity index (χ4v) is 2.21. The highest BCUT2D eigenvalue weighted by Crippen LogP contribution is 2.17. The maximum Gasteiger partial charge on any atom is 0.198 e. The van der Waals surface area contributed by atoms with E-state index in [1.54, 1.807) is 17.7 Å². The second kappa shape index (κ2) is 3.73. The number of rotatable bonds is 1. The van der Waals surface area contributed by atoms with Gasteiger partial charge in [0.25, 0.3) is 0 Å². The van der Waals surface area contributed by atoms with Gasteiger partial charge in [0, 0.05) is 18.6 Å². The van der Waals surface area contributed by atoms with Crippen LogP contribution < -0.4 is 10.5 Å². The summed E-state index contributed by atoms with van der Waals surface area (Å²) in [6, 6.07) is 3.66. The minimum atomic E-state index is -1.44. The molecule has 0 atom stereocenters. The van der Waals surface area contributed by atoms with Gasteiger partial charge in [-0.3, -0.25) is 4.79 Å². The molecule has 0 N–H and O–H groups in total. The summed E-state index contributed by atoms with van der Waals surface area (Å²) < 4.78 is 1.65. The summed E-state index contributed by atoms with van der Waals surface area (Å²) in [5.74, 6) is -1.44. The van der Waals surface area contributed by atoms with Gasteiger partial charge in [-0.15, -0.1) is 0 Å². The van der Waals surface area contributed by atoms with Crippen LogP contribution >= 0.6 is 0 Å². The van der Waals surface area contributed by atoms with Crippen molar-refractivity contribution >= 4 is 16.9 Å². The van der Waals surface area contributed by atoms with E-state index >= 15 is 0 Å². The highest BCUT2D eigenvalue weighted by Gasteiger charge is 2.10. The van der Waals surface area contributed by atoms with Crippen LogP contribution in [-0.4, -0.2) is 10.5 Å². The summed E-state index contributed by atoms with van der Waals surface area (Å²) in [4.78, 5) is 22.9. The average Bonchev–Trinajstić information content (AvgIpc) is 2.21. The molecule has 1 heterocycles. The molecule has 1 aromatic heterocycles. The van der Waals surface area contributed by atoms with Crippen molar-refractivity contribution in [1.82, 2.24) is 4.57 Å². The third-order valence-electron chi connectivity index (χ3n) is 2.83.